The number of anilines is 1. The van der Waals surface area contributed by atoms with Crippen molar-refractivity contribution < 1.29 is 33.4 Å². The zero-order valence-corrected chi connectivity index (χ0v) is 24.6. The maximum absolute atomic E-state index is 12.6. The summed E-state index contributed by atoms with van der Waals surface area (Å²) in [6.45, 7) is 7.47. The third-order valence-electron chi connectivity index (χ3n) is 5.84. The van der Waals surface area contributed by atoms with Crippen molar-refractivity contribution in [3.8, 4) is 0 Å². The second kappa shape index (κ2) is 18.8. The van der Waals surface area contributed by atoms with E-state index in [1.54, 1.807) is 32.2 Å². The van der Waals surface area contributed by atoms with Gasteiger partial charge >= 0.3 is 17.9 Å². The number of hydrogen-bond donors (Lipinski definition) is 3. The molecule has 0 saturated carbocycles. The molecule has 0 fully saturated rings. The van der Waals surface area contributed by atoms with E-state index in [9.17, 15) is 19.2 Å². The predicted octanol–water partition coefficient (Wildman–Crippen LogP) is 2.15. The predicted molar refractivity (Wildman–Crippen MR) is 156 cm³/mol. The molecule has 0 spiro atoms. The smallest absolute Gasteiger partial charge is 0.334 e. The number of halogens is 1. The summed E-state index contributed by atoms with van der Waals surface area (Å²) in [5.74, 6) is -1.91. The number of pyridine rings is 1. The number of benzene rings is 1. The van der Waals surface area contributed by atoms with Crippen molar-refractivity contribution in [2.24, 2.45) is 0 Å². The Morgan fingerprint density at radius 1 is 0.951 bits per heavy atom. The average Bonchev–Trinajstić information content (AvgIpc) is 2.92. The van der Waals surface area contributed by atoms with Crippen LogP contribution in [-0.2, 0) is 33.4 Å². The Balaban J connectivity index is 1.79. The van der Waals surface area contributed by atoms with E-state index in [2.05, 4.69) is 20.9 Å². The third-order valence-corrected chi connectivity index (χ3v) is 6.08. The van der Waals surface area contributed by atoms with E-state index in [4.69, 9.17) is 25.8 Å². The lowest BCUT2D eigenvalue weighted by Gasteiger charge is -2.22. The van der Waals surface area contributed by atoms with Crippen LogP contribution in [0.5, 0.6) is 0 Å². The highest BCUT2D eigenvalue weighted by Gasteiger charge is 2.28. The fourth-order valence-electron chi connectivity index (χ4n) is 3.94. The monoisotopic (exact) mass is 593 g/mol. The summed E-state index contributed by atoms with van der Waals surface area (Å²) in [6.07, 6.45) is 2.99. The van der Waals surface area contributed by atoms with Gasteiger partial charge in [-0.25, -0.2) is 9.59 Å². The van der Waals surface area contributed by atoms with Crippen molar-refractivity contribution in [2.45, 2.75) is 39.7 Å². The van der Waals surface area contributed by atoms with Crippen LogP contribution >= 0.6 is 11.6 Å². The van der Waals surface area contributed by atoms with Crippen LogP contribution in [0.4, 0.5) is 5.69 Å². The van der Waals surface area contributed by atoms with Gasteiger partial charge in [-0.1, -0.05) is 11.6 Å². The van der Waals surface area contributed by atoms with Gasteiger partial charge in [0.15, 0.2) is 0 Å². The van der Waals surface area contributed by atoms with E-state index in [0.29, 0.717) is 50.6 Å². The maximum atomic E-state index is 12.6. The molecule has 0 aliphatic carbocycles. The van der Waals surface area contributed by atoms with Crippen LogP contribution in [0.1, 0.15) is 33.6 Å². The van der Waals surface area contributed by atoms with Crippen LogP contribution < -0.4 is 16.0 Å². The summed E-state index contributed by atoms with van der Waals surface area (Å²) in [6, 6.07) is 6.18. The molecule has 0 radical (unpaired) electrons. The van der Waals surface area contributed by atoms with Gasteiger partial charge in [0.2, 0.25) is 11.9 Å². The van der Waals surface area contributed by atoms with Gasteiger partial charge in [0.1, 0.15) is 6.61 Å². The normalized spacial score (nSPS) is 11.0. The minimum absolute atomic E-state index is 0.125. The van der Waals surface area contributed by atoms with Crippen molar-refractivity contribution in [1.82, 2.24) is 20.5 Å². The van der Waals surface area contributed by atoms with Crippen molar-refractivity contribution in [1.29, 1.82) is 0 Å². The van der Waals surface area contributed by atoms with Gasteiger partial charge in [-0.05, 0) is 64.0 Å². The minimum atomic E-state index is -1.18. The van der Waals surface area contributed by atoms with E-state index in [0.717, 1.165) is 16.6 Å². The first-order chi connectivity index (χ1) is 19.7. The van der Waals surface area contributed by atoms with Gasteiger partial charge in [0.25, 0.3) is 0 Å². The SMILES string of the molecule is CCOC(=O)C(NCCCCN(CCOC(C)=O)CC(=O)NCCNc1ccnc2cc(Cl)ccc12)C(=O)OCC. The van der Waals surface area contributed by atoms with E-state index in [1.165, 1.54) is 6.92 Å². The topological polar surface area (TPSA) is 148 Å². The largest absolute Gasteiger partial charge is 0.465 e. The number of aromatic nitrogens is 1. The second-order valence-electron chi connectivity index (χ2n) is 9.01. The maximum Gasteiger partial charge on any atom is 0.334 e. The number of amides is 1. The Bertz CT molecular complexity index is 1130. The summed E-state index contributed by atoms with van der Waals surface area (Å²) in [4.78, 5) is 54.2. The van der Waals surface area contributed by atoms with Gasteiger partial charge in [-0.2, -0.15) is 0 Å². The molecule has 0 aliphatic rings. The first-order valence-electron chi connectivity index (χ1n) is 13.7. The molecule has 1 aromatic carbocycles. The van der Waals surface area contributed by atoms with Gasteiger partial charge in [0.05, 0.1) is 25.3 Å². The Morgan fingerprint density at radius 2 is 1.68 bits per heavy atom. The zero-order chi connectivity index (χ0) is 30.0. The van der Waals surface area contributed by atoms with Crippen LogP contribution in [-0.4, -0.2) is 98.8 Å². The summed E-state index contributed by atoms with van der Waals surface area (Å²) in [7, 11) is 0. The van der Waals surface area contributed by atoms with E-state index >= 15 is 0 Å². The summed E-state index contributed by atoms with van der Waals surface area (Å²) < 4.78 is 15.0. The molecule has 0 aliphatic heterocycles. The van der Waals surface area contributed by atoms with E-state index < -0.39 is 18.0 Å². The quantitative estimate of drug-likeness (QED) is 0.0952. The summed E-state index contributed by atoms with van der Waals surface area (Å²) in [5, 5.41) is 10.6. The lowest BCUT2D eigenvalue weighted by atomic mass is 10.2. The van der Waals surface area contributed by atoms with Crippen LogP contribution in [0, 0.1) is 0 Å². The Kier molecular flexibility index (Phi) is 15.5. The minimum Gasteiger partial charge on any atom is -0.465 e. The molecule has 0 saturated heterocycles. The molecule has 13 heteroatoms. The number of esters is 3. The number of unbranched alkanes of at least 4 members (excludes halogenated alkanes) is 1. The Labute approximate surface area is 245 Å². The van der Waals surface area contributed by atoms with Gasteiger partial charge in [-0.15, -0.1) is 0 Å². The van der Waals surface area contributed by atoms with Crippen LogP contribution in [0.2, 0.25) is 5.02 Å². The van der Waals surface area contributed by atoms with Crippen LogP contribution in [0.25, 0.3) is 10.9 Å². The van der Waals surface area contributed by atoms with Crippen LogP contribution in [0.15, 0.2) is 30.5 Å². The van der Waals surface area contributed by atoms with E-state index in [-0.39, 0.29) is 38.2 Å². The van der Waals surface area contributed by atoms with Crippen molar-refractivity contribution in [2.75, 3.05) is 64.4 Å². The summed E-state index contributed by atoms with van der Waals surface area (Å²) >= 11 is 6.05. The average molecular weight is 594 g/mol. The Hall–Kier alpha value is -3.48. The summed E-state index contributed by atoms with van der Waals surface area (Å²) in [5.41, 5.74) is 1.67. The fraction of sp³-hybridized carbons (Fsp3) is 0.536. The number of fused-ring (bicyclic) bond motifs is 1. The lowest BCUT2D eigenvalue weighted by Crippen LogP contribution is -2.46. The Morgan fingerprint density at radius 3 is 2.37 bits per heavy atom. The van der Waals surface area contributed by atoms with Crippen molar-refractivity contribution in [3.05, 3.63) is 35.5 Å². The highest BCUT2D eigenvalue weighted by molar-refractivity contribution is 6.31. The number of nitrogens with zero attached hydrogens (tertiary/aromatic N) is 2. The molecular weight excluding hydrogens is 554 g/mol. The second-order valence-corrected chi connectivity index (χ2v) is 9.45. The molecule has 41 heavy (non-hydrogen) atoms. The van der Waals surface area contributed by atoms with E-state index in [1.807, 2.05) is 17.0 Å². The molecular formula is C28H40ClN5O7. The first-order valence-corrected chi connectivity index (χ1v) is 14.1. The number of nitrogens with one attached hydrogen (secondary N) is 3. The van der Waals surface area contributed by atoms with Crippen molar-refractivity contribution >= 4 is 52.0 Å². The highest BCUT2D eigenvalue weighted by Crippen LogP contribution is 2.24. The van der Waals surface area contributed by atoms with Gasteiger partial charge < -0.3 is 24.8 Å². The molecule has 0 atom stereocenters. The third kappa shape index (κ3) is 12.7. The number of carbonyl (C=O) groups is 4. The van der Waals surface area contributed by atoms with Crippen molar-refractivity contribution in [3.63, 3.8) is 0 Å². The molecule has 12 nitrogen and oxygen atoms in total. The highest BCUT2D eigenvalue weighted by atomic mass is 35.5. The molecule has 0 bridgehead atoms. The number of carbonyl (C=O) groups excluding carboxylic acids is 4. The standard InChI is InChI=1S/C28H40ClN5O7/c1-4-39-27(37)26(28(38)40-5-2)33-11-6-7-15-34(16-17-41-20(3)35)19-25(36)32-14-13-31-23-10-12-30-24-18-21(29)8-9-22(23)24/h8-10,12,18,26,33H,4-7,11,13-17,19H2,1-3H3,(H,30,31)(H,32,36). The van der Waals surface area contributed by atoms with Gasteiger partial charge in [0, 0.05) is 48.9 Å². The van der Waals surface area contributed by atoms with Crippen LogP contribution in [0.3, 0.4) is 0 Å². The molecule has 1 aromatic heterocycles. The molecule has 226 valence electrons. The first kappa shape index (κ1) is 33.7. The lowest BCUT2D eigenvalue weighted by molar-refractivity contribution is -0.158. The number of hydrogen-bond acceptors (Lipinski definition) is 11. The number of rotatable bonds is 19. The molecule has 3 N–H and O–H groups in total. The number of ether oxygens (including phenoxy) is 3. The molecule has 2 aromatic rings. The molecule has 1 amide bonds. The molecule has 2 rings (SSSR count). The molecule has 1 heterocycles. The zero-order valence-electron chi connectivity index (χ0n) is 23.9. The molecule has 0 unspecified atom stereocenters. The van der Waals surface area contributed by atoms with Gasteiger partial charge in [-0.3, -0.25) is 24.8 Å². The fourth-order valence-corrected chi connectivity index (χ4v) is 4.11.